The van der Waals surface area contributed by atoms with Crippen LogP contribution in [0.15, 0.2) is 104 Å². The molecule has 7 aromatic rings. The molecular formula is C38H34N4O. The van der Waals surface area contributed by atoms with Crippen molar-refractivity contribution in [1.29, 1.82) is 0 Å². The lowest BCUT2D eigenvalue weighted by Gasteiger charge is -2.22. The highest BCUT2D eigenvalue weighted by atomic mass is 16.5. The van der Waals surface area contributed by atoms with Crippen LogP contribution in [-0.2, 0) is 0 Å². The van der Waals surface area contributed by atoms with E-state index >= 15 is 0 Å². The third kappa shape index (κ3) is 4.52. The van der Waals surface area contributed by atoms with E-state index in [9.17, 15) is 0 Å². The number of aromatic nitrogens is 4. The number of para-hydroxylation sites is 2. The summed E-state index contributed by atoms with van der Waals surface area (Å²) in [6, 6.07) is 29.6. The van der Waals surface area contributed by atoms with Crippen molar-refractivity contribution in [2.75, 3.05) is 7.11 Å². The molecule has 0 amide bonds. The maximum atomic E-state index is 5.81. The molecule has 43 heavy (non-hydrogen) atoms. The highest BCUT2D eigenvalue weighted by molar-refractivity contribution is 6.09. The zero-order chi connectivity index (χ0) is 29.7. The molecule has 4 aromatic carbocycles. The minimum atomic E-state index is 0.334. The van der Waals surface area contributed by atoms with Crippen LogP contribution in [0.1, 0.15) is 50.7 Å². The van der Waals surface area contributed by atoms with Crippen LogP contribution >= 0.6 is 0 Å². The van der Waals surface area contributed by atoms with Crippen LogP contribution in [0.2, 0.25) is 0 Å². The largest absolute Gasteiger partial charge is 0.496 e. The molecule has 0 atom stereocenters. The number of benzene rings is 4. The fourth-order valence-electron chi connectivity index (χ4n) is 6.23. The second kappa shape index (κ2) is 10.7. The average molecular weight is 563 g/mol. The van der Waals surface area contributed by atoms with Crippen LogP contribution in [0.3, 0.4) is 0 Å². The van der Waals surface area contributed by atoms with E-state index in [4.69, 9.17) is 19.7 Å². The van der Waals surface area contributed by atoms with E-state index in [0.717, 1.165) is 61.0 Å². The first-order chi connectivity index (χ1) is 20.9. The van der Waals surface area contributed by atoms with Crippen LogP contribution in [0.4, 0.5) is 0 Å². The van der Waals surface area contributed by atoms with Crippen LogP contribution in [-0.4, -0.2) is 26.6 Å². The number of fused-ring (bicyclic) bond motifs is 4. The fraction of sp³-hybridized carbons (Fsp3) is 0.184. The van der Waals surface area contributed by atoms with Crippen molar-refractivity contribution in [3.8, 4) is 34.1 Å². The summed E-state index contributed by atoms with van der Waals surface area (Å²) < 4.78 is 8.11. The molecule has 0 aliphatic heterocycles. The van der Waals surface area contributed by atoms with Crippen molar-refractivity contribution in [2.24, 2.45) is 0 Å². The smallest absolute Gasteiger partial charge is 0.145 e. The van der Waals surface area contributed by atoms with Crippen LogP contribution in [0.5, 0.6) is 5.75 Å². The fourth-order valence-corrected chi connectivity index (χ4v) is 6.23. The summed E-state index contributed by atoms with van der Waals surface area (Å²) >= 11 is 0. The molecule has 0 radical (unpaired) electrons. The second-order valence-electron chi connectivity index (χ2n) is 11.7. The molecule has 0 unspecified atom stereocenters. The van der Waals surface area contributed by atoms with Crippen molar-refractivity contribution < 1.29 is 4.74 Å². The van der Waals surface area contributed by atoms with Crippen molar-refractivity contribution >= 4 is 32.6 Å². The number of imidazole rings is 1. The highest BCUT2D eigenvalue weighted by Crippen LogP contribution is 2.39. The zero-order valence-electron chi connectivity index (χ0n) is 25.2. The molecular weight excluding hydrogens is 528 g/mol. The minimum absolute atomic E-state index is 0.334. The third-order valence-corrected chi connectivity index (χ3v) is 8.34. The summed E-state index contributed by atoms with van der Waals surface area (Å²) in [4.78, 5) is 14.9. The summed E-state index contributed by atoms with van der Waals surface area (Å²) in [7, 11) is 1.72. The number of methoxy groups -OCH3 is 1. The van der Waals surface area contributed by atoms with Crippen molar-refractivity contribution in [2.45, 2.75) is 39.5 Å². The van der Waals surface area contributed by atoms with Gasteiger partial charge in [-0.3, -0.25) is 14.5 Å². The van der Waals surface area contributed by atoms with E-state index < -0.39 is 0 Å². The number of nitrogens with zero attached hydrogens (tertiary/aromatic N) is 4. The molecule has 3 heterocycles. The van der Waals surface area contributed by atoms with Crippen LogP contribution in [0, 0.1) is 0 Å². The molecule has 0 saturated heterocycles. The molecule has 0 fully saturated rings. The first-order valence-electron chi connectivity index (χ1n) is 14.9. The van der Waals surface area contributed by atoms with Gasteiger partial charge >= 0.3 is 0 Å². The number of hydrogen-bond acceptors (Lipinski definition) is 4. The first-order valence-corrected chi connectivity index (χ1v) is 14.9. The summed E-state index contributed by atoms with van der Waals surface area (Å²) in [5.74, 6) is 2.38. The molecule has 3 aromatic heterocycles. The van der Waals surface area contributed by atoms with Crippen molar-refractivity contribution in [3.05, 3.63) is 115 Å². The van der Waals surface area contributed by atoms with Gasteiger partial charge in [-0.2, -0.15) is 0 Å². The van der Waals surface area contributed by atoms with Crippen LogP contribution in [0.25, 0.3) is 60.9 Å². The number of hydrogen-bond donors (Lipinski definition) is 0. The molecule has 5 heteroatoms. The maximum absolute atomic E-state index is 5.81. The lowest BCUT2D eigenvalue weighted by atomic mass is 9.92. The normalized spacial score (nSPS) is 11.8. The van der Waals surface area contributed by atoms with Gasteiger partial charge in [0.25, 0.3) is 0 Å². The Morgan fingerprint density at radius 3 is 2.23 bits per heavy atom. The van der Waals surface area contributed by atoms with Gasteiger partial charge in [0.1, 0.15) is 11.6 Å². The molecule has 5 nitrogen and oxygen atoms in total. The Morgan fingerprint density at radius 1 is 0.744 bits per heavy atom. The van der Waals surface area contributed by atoms with Crippen molar-refractivity contribution in [3.63, 3.8) is 0 Å². The summed E-state index contributed by atoms with van der Waals surface area (Å²) in [6.45, 7) is 9.04. The van der Waals surface area contributed by atoms with E-state index in [-0.39, 0.29) is 0 Å². The number of ether oxygens (including phenoxy) is 1. The van der Waals surface area contributed by atoms with E-state index in [1.54, 1.807) is 7.11 Å². The van der Waals surface area contributed by atoms with Gasteiger partial charge in [0.15, 0.2) is 0 Å². The SMILES string of the molecule is COc1cccc2cnc3ccc(-c4nc(-c5cccc6cccnc56)cn4-c4c(C(C)C)cccc4C(C)C)cc3c12. The molecule has 0 N–H and O–H groups in total. The van der Waals surface area contributed by atoms with Gasteiger partial charge in [-0.1, -0.05) is 82.3 Å². The molecule has 0 aliphatic rings. The van der Waals surface area contributed by atoms with Gasteiger partial charge in [0.2, 0.25) is 0 Å². The Labute approximate surface area is 251 Å². The predicted octanol–water partition coefficient (Wildman–Crippen LogP) is 9.71. The Morgan fingerprint density at radius 2 is 1.47 bits per heavy atom. The minimum Gasteiger partial charge on any atom is -0.496 e. The summed E-state index contributed by atoms with van der Waals surface area (Å²) in [6.07, 6.45) is 5.96. The van der Waals surface area contributed by atoms with E-state index in [1.807, 2.05) is 30.6 Å². The van der Waals surface area contributed by atoms with Gasteiger partial charge in [-0.25, -0.2) is 4.98 Å². The molecule has 212 valence electrons. The predicted molar refractivity (Wildman–Crippen MR) is 177 cm³/mol. The highest BCUT2D eigenvalue weighted by Gasteiger charge is 2.22. The van der Waals surface area contributed by atoms with Gasteiger partial charge in [0.05, 0.1) is 29.5 Å². The lowest BCUT2D eigenvalue weighted by Crippen LogP contribution is -2.07. The van der Waals surface area contributed by atoms with Crippen LogP contribution < -0.4 is 4.74 Å². The monoisotopic (exact) mass is 562 g/mol. The molecule has 0 bridgehead atoms. The van der Waals surface area contributed by atoms with Gasteiger partial charge in [-0.15, -0.1) is 0 Å². The Balaban J connectivity index is 1.56. The Hall–Kier alpha value is -5.03. The Bertz CT molecular complexity index is 2110. The third-order valence-electron chi connectivity index (χ3n) is 8.34. The second-order valence-corrected chi connectivity index (χ2v) is 11.7. The zero-order valence-corrected chi connectivity index (χ0v) is 25.2. The first kappa shape index (κ1) is 26.8. The number of pyridine rings is 2. The molecule has 7 rings (SSSR count). The quantitative estimate of drug-likeness (QED) is 0.189. The topological polar surface area (TPSA) is 52.8 Å². The lowest BCUT2D eigenvalue weighted by molar-refractivity contribution is 0.420. The summed E-state index contributed by atoms with van der Waals surface area (Å²) in [5.41, 5.74) is 8.57. The Kier molecular flexibility index (Phi) is 6.66. The van der Waals surface area contributed by atoms with E-state index in [2.05, 4.69) is 105 Å². The van der Waals surface area contributed by atoms with Crippen molar-refractivity contribution in [1.82, 2.24) is 19.5 Å². The van der Waals surface area contributed by atoms with Gasteiger partial charge in [-0.05, 0) is 53.3 Å². The number of rotatable bonds is 6. The molecule has 0 spiro atoms. The summed E-state index contributed by atoms with van der Waals surface area (Å²) in [5, 5.41) is 4.23. The van der Waals surface area contributed by atoms with Gasteiger partial charge in [0, 0.05) is 51.3 Å². The van der Waals surface area contributed by atoms with Gasteiger partial charge < -0.3 is 4.74 Å². The standard InChI is InChI=1S/C38H34N4O/c1-23(2)28-13-8-14-29(24(3)4)37(28)42-22-33(30-15-6-10-25-12-9-19-39-36(25)30)41-38(42)26-17-18-32-31(20-26)35-27(21-40-32)11-7-16-34(35)43-5/h6-24H,1-5H3. The van der Waals surface area contributed by atoms with E-state index in [0.29, 0.717) is 11.8 Å². The maximum Gasteiger partial charge on any atom is 0.145 e. The average Bonchev–Trinajstić information content (AvgIpc) is 3.48. The molecule has 0 aliphatic carbocycles. The van der Waals surface area contributed by atoms with E-state index in [1.165, 1.54) is 16.8 Å². The molecule has 0 saturated carbocycles.